The van der Waals surface area contributed by atoms with E-state index in [9.17, 15) is 4.79 Å². The van der Waals surface area contributed by atoms with Gasteiger partial charge in [0, 0.05) is 4.47 Å². The van der Waals surface area contributed by atoms with E-state index < -0.39 is 0 Å². The molecule has 5 heteroatoms. The van der Waals surface area contributed by atoms with Crippen molar-refractivity contribution in [3.8, 4) is 5.75 Å². The SMILES string of the molecule is CC(C)c1ccc(/C=N/NC(=O)COc2ccc(Br)cc2)cc1. The van der Waals surface area contributed by atoms with Crippen LogP contribution in [-0.2, 0) is 4.79 Å². The number of hydrogen-bond donors (Lipinski definition) is 1. The van der Waals surface area contributed by atoms with Crippen molar-refractivity contribution >= 4 is 28.1 Å². The molecule has 1 N–H and O–H groups in total. The molecular formula is C18H19BrN2O2. The van der Waals surface area contributed by atoms with E-state index in [1.807, 2.05) is 24.3 Å². The minimum absolute atomic E-state index is 0.0781. The summed E-state index contributed by atoms with van der Waals surface area (Å²) >= 11 is 3.34. The van der Waals surface area contributed by atoms with Gasteiger partial charge in [-0.15, -0.1) is 0 Å². The van der Waals surface area contributed by atoms with Crippen molar-refractivity contribution in [2.45, 2.75) is 19.8 Å². The summed E-state index contributed by atoms with van der Waals surface area (Å²) in [5.41, 5.74) is 4.65. The molecule has 23 heavy (non-hydrogen) atoms. The van der Waals surface area contributed by atoms with Crippen molar-refractivity contribution in [3.63, 3.8) is 0 Å². The Bertz CT molecular complexity index is 664. The molecule has 4 nitrogen and oxygen atoms in total. The Balaban J connectivity index is 1.78. The van der Waals surface area contributed by atoms with Crippen molar-refractivity contribution in [3.05, 3.63) is 64.1 Å². The van der Waals surface area contributed by atoms with Gasteiger partial charge in [-0.3, -0.25) is 4.79 Å². The summed E-state index contributed by atoms with van der Waals surface area (Å²) in [5, 5.41) is 3.93. The third kappa shape index (κ3) is 5.87. The predicted octanol–water partition coefficient (Wildman–Crippen LogP) is 4.10. The van der Waals surface area contributed by atoms with Gasteiger partial charge in [0.1, 0.15) is 5.75 Å². The lowest BCUT2D eigenvalue weighted by Gasteiger charge is -2.05. The second kappa shape index (κ2) is 8.48. The van der Waals surface area contributed by atoms with Gasteiger partial charge in [0.2, 0.25) is 0 Å². The lowest BCUT2D eigenvalue weighted by atomic mass is 10.0. The van der Waals surface area contributed by atoms with Crippen molar-refractivity contribution in [2.75, 3.05) is 6.61 Å². The van der Waals surface area contributed by atoms with Crippen molar-refractivity contribution in [2.24, 2.45) is 5.10 Å². The average Bonchev–Trinajstić information content (AvgIpc) is 2.55. The van der Waals surface area contributed by atoms with Gasteiger partial charge < -0.3 is 4.74 Å². The first-order valence-electron chi connectivity index (χ1n) is 7.35. The highest BCUT2D eigenvalue weighted by Gasteiger charge is 2.01. The fourth-order valence-electron chi connectivity index (χ4n) is 1.86. The van der Waals surface area contributed by atoms with Crippen molar-refractivity contribution in [1.29, 1.82) is 0 Å². The molecule has 0 bridgehead atoms. The molecule has 0 saturated carbocycles. The van der Waals surface area contributed by atoms with Gasteiger partial charge in [0.15, 0.2) is 6.61 Å². The van der Waals surface area contributed by atoms with Gasteiger partial charge in [-0.25, -0.2) is 5.43 Å². The second-order valence-corrected chi connectivity index (χ2v) is 6.27. The number of carbonyl (C=O) groups excluding carboxylic acids is 1. The highest BCUT2D eigenvalue weighted by Crippen LogP contribution is 2.16. The maximum atomic E-state index is 11.7. The number of hydrogen-bond acceptors (Lipinski definition) is 3. The Morgan fingerprint density at radius 1 is 1.17 bits per heavy atom. The number of ether oxygens (including phenoxy) is 1. The largest absolute Gasteiger partial charge is 0.484 e. The van der Waals surface area contributed by atoms with Gasteiger partial charge in [0.05, 0.1) is 6.21 Å². The highest BCUT2D eigenvalue weighted by molar-refractivity contribution is 9.10. The minimum atomic E-state index is -0.303. The number of halogens is 1. The van der Waals surface area contributed by atoms with Crippen molar-refractivity contribution in [1.82, 2.24) is 5.43 Å². The Morgan fingerprint density at radius 3 is 2.43 bits per heavy atom. The number of rotatable bonds is 6. The standard InChI is InChI=1S/C18H19BrN2O2/c1-13(2)15-5-3-14(4-6-15)11-20-21-18(22)12-23-17-9-7-16(19)8-10-17/h3-11,13H,12H2,1-2H3,(H,21,22)/b20-11+. The zero-order valence-electron chi connectivity index (χ0n) is 13.1. The van der Waals surface area contributed by atoms with Crippen LogP contribution in [0, 0.1) is 0 Å². The van der Waals surface area contributed by atoms with E-state index >= 15 is 0 Å². The van der Waals surface area contributed by atoms with E-state index in [1.165, 1.54) is 5.56 Å². The first-order valence-corrected chi connectivity index (χ1v) is 8.14. The maximum Gasteiger partial charge on any atom is 0.277 e. The normalized spacial score (nSPS) is 11.0. The highest BCUT2D eigenvalue weighted by atomic mass is 79.9. The van der Waals surface area contributed by atoms with E-state index in [-0.39, 0.29) is 12.5 Å². The summed E-state index contributed by atoms with van der Waals surface area (Å²) in [6.45, 7) is 4.22. The zero-order chi connectivity index (χ0) is 16.7. The van der Waals surface area contributed by atoms with Crippen LogP contribution in [0.4, 0.5) is 0 Å². The first-order chi connectivity index (χ1) is 11.0. The molecular weight excluding hydrogens is 356 g/mol. The van der Waals surface area contributed by atoms with Crippen LogP contribution in [-0.4, -0.2) is 18.7 Å². The summed E-state index contributed by atoms with van der Waals surface area (Å²) < 4.78 is 6.32. The lowest BCUT2D eigenvalue weighted by molar-refractivity contribution is -0.123. The third-order valence-electron chi connectivity index (χ3n) is 3.19. The summed E-state index contributed by atoms with van der Waals surface area (Å²) in [4.78, 5) is 11.7. The fourth-order valence-corrected chi connectivity index (χ4v) is 2.12. The Hall–Kier alpha value is -2.14. The molecule has 0 heterocycles. The molecule has 0 aliphatic heterocycles. The van der Waals surface area contributed by atoms with Gasteiger partial charge in [-0.2, -0.15) is 5.10 Å². The molecule has 0 radical (unpaired) electrons. The molecule has 0 saturated heterocycles. The van der Waals surface area contributed by atoms with Crippen LogP contribution in [0.2, 0.25) is 0 Å². The molecule has 0 spiro atoms. The third-order valence-corrected chi connectivity index (χ3v) is 3.72. The zero-order valence-corrected chi connectivity index (χ0v) is 14.7. The van der Waals surface area contributed by atoms with Crippen LogP contribution in [0.15, 0.2) is 58.1 Å². The molecule has 2 aromatic carbocycles. The van der Waals surface area contributed by atoms with Gasteiger partial charge in [0.25, 0.3) is 5.91 Å². The van der Waals surface area contributed by atoms with Crippen LogP contribution in [0.5, 0.6) is 5.75 Å². The molecule has 2 rings (SSSR count). The van der Waals surface area contributed by atoms with Gasteiger partial charge in [-0.05, 0) is 41.3 Å². The monoisotopic (exact) mass is 374 g/mol. The molecule has 120 valence electrons. The fraction of sp³-hybridized carbons (Fsp3) is 0.222. The van der Waals surface area contributed by atoms with Crippen molar-refractivity contribution < 1.29 is 9.53 Å². The first kappa shape index (κ1) is 17.2. The van der Waals surface area contributed by atoms with E-state index in [0.717, 1.165) is 10.0 Å². The second-order valence-electron chi connectivity index (χ2n) is 5.36. The number of carbonyl (C=O) groups is 1. The average molecular weight is 375 g/mol. The van der Waals surface area contributed by atoms with Gasteiger partial charge in [-0.1, -0.05) is 54.0 Å². The Labute approximate surface area is 144 Å². The maximum absolute atomic E-state index is 11.7. The van der Waals surface area contributed by atoms with Crippen LogP contribution in [0.1, 0.15) is 30.9 Å². The molecule has 0 fully saturated rings. The predicted molar refractivity (Wildman–Crippen MR) is 95.9 cm³/mol. The molecule has 0 unspecified atom stereocenters. The summed E-state index contributed by atoms with van der Waals surface area (Å²) in [6, 6.07) is 15.4. The molecule has 0 atom stereocenters. The smallest absolute Gasteiger partial charge is 0.277 e. The molecule has 0 aromatic heterocycles. The summed E-state index contributed by atoms with van der Waals surface area (Å²) in [7, 11) is 0. The van der Waals surface area contributed by atoms with Crippen LogP contribution in [0.25, 0.3) is 0 Å². The van der Waals surface area contributed by atoms with E-state index in [0.29, 0.717) is 11.7 Å². The van der Waals surface area contributed by atoms with Crippen LogP contribution < -0.4 is 10.2 Å². The van der Waals surface area contributed by atoms with Crippen LogP contribution in [0.3, 0.4) is 0 Å². The topological polar surface area (TPSA) is 50.7 Å². The quantitative estimate of drug-likeness (QED) is 0.611. The molecule has 0 aliphatic rings. The number of nitrogens with one attached hydrogen (secondary N) is 1. The molecule has 2 aromatic rings. The van der Waals surface area contributed by atoms with E-state index in [4.69, 9.17) is 4.74 Å². The molecule has 1 amide bonds. The molecule has 0 aliphatic carbocycles. The van der Waals surface area contributed by atoms with Crippen LogP contribution >= 0.6 is 15.9 Å². The lowest BCUT2D eigenvalue weighted by Crippen LogP contribution is -2.24. The Kier molecular flexibility index (Phi) is 6.35. The number of amides is 1. The number of benzene rings is 2. The van der Waals surface area contributed by atoms with E-state index in [2.05, 4.69) is 52.4 Å². The van der Waals surface area contributed by atoms with E-state index in [1.54, 1.807) is 18.3 Å². The van der Waals surface area contributed by atoms with Gasteiger partial charge >= 0.3 is 0 Å². The number of hydrazone groups is 1. The summed E-state index contributed by atoms with van der Waals surface area (Å²) in [5.74, 6) is 0.830. The Morgan fingerprint density at radius 2 is 1.83 bits per heavy atom. The number of nitrogens with zero attached hydrogens (tertiary/aromatic N) is 1. The minimum Gasteiger partial charge on any atom is -0.484 e. The summed E-state index contributed by atoms with van der Waals surface area (Å²) in [6.07, 6.45) is 1.61.